The number of nitrogens with one attached hydrogen (secondary N) is 1. The van der Waals surface area contributed by atoms with Crippen molar-refractivity contribution in [2.75, 3.05) is 26.2 Å². The summed E-state index contributed by atoms with van der Waals surface area (Å²) in [5.74, 6) is -0.619. The lowest BCUT2D eigenvalue weighted by molar-refractivity contribution is -0.390. The highest BCUT2D eigenvalue weighted by atomic mass is 79.9. The normalized spacial score (nSPS) is 15.4. The van der Waals surface area contributed by atoms with E-state index in [1.165, 1.54) is 5.56 Å². The van der Waals surface area contributed by atoms with Gasteiger partial charge in [-0.15, -0.1) is 5.10 Å². The standard InChI is InChI=1S/C15H20BrN7O3/c1-3-22-9-11(10(2)19-22)8-20-4-6-21(7-5-20)15(24)13-12(16)14(18-17-13)23(25)26/h9H,3-8H2,1-2H3,(H,17,18). The molecule has 0 saturated carbocycles. The molecule has 10 nitrogen and oxygen atoms in total. The summed E-state index contributed by atoms with van der Waals surface area (Å²) in [6.45, 7) is 8.25. The van der Waals surface area contributed by atoms with Gasteiger partial charge in [0.15, 0.2) is 5.69 Å². The molecule has 0 atom stereocenters. The molecule has 26 heavy (non-hydrogen) atoms. The molecule has 0 unspecified atom stereocenters. The van der Waals surface area contributed by atoms with Crippen molar-refractivity contribution in [3.8, 4) is 0 Å². The number of amides is 1. The highest BCUT2D eigenvalue weighted by Gasteiger charge is 2.30. The van der Waals surface area contributed by atoms with Crippen LogP contribution in [0.1, 0.15) is 28.7 Å². The number of hydrogen-bond donors (Lipinski definition) is 1. The van der Waals surface area contributed by atoms with Gasteiger partial charge < -0.3 is 15.0 Å². The highest BCUT2D eigenvalue weighted by molar-refractivity contribution is 9.10. The third kappa shape index (κ3) is 3.63. The largest absolute Gasteiger partial charge is 0.358 e. The smallest absolute Gasteiger partial charge is 0.357 e. The van der Waals surface area contributed by atoms with Crippen LogP contribution in [-0.4, -0.2) is 66.8 Å². The van der Waals surface area contributed by atoms with Crippen LogP contribution in [0.15, 0.2) is 10.7 Å². The zero-order chi connectivity index (χ0) is 18.8. The van der Waals surface area contributed by atoms with Gasteiger partial charge in [-0.1, -0.05) is 5.10 Å². The quantitative estimate of drug-likeness (QED) is 0.574. The van der Waals surface area contributed by atoms with Crippen LogP contribution < -0.4 is 0 Å². The number of halogens is 1. The van der Waals surface area contributed by atoms with E-state index in [-0.39, 0.29) is 21.9 Å². The van der Waals surface area contributed by atoms with E-state index in [1.807, 2.05) is 11.6 Å². The molecule has 0 radical (unpaired) electrons. The number of aryl methyl sites for hydroxylation is 2. The molecule has 11 heteroatoms. The highest BCUT2D eigenvalue weighted by Crippen LogP contribution is 2.26. The number of aromatic nitrogens is 4. The zero-order valence-electron chi connectivity index (χ0n) is 14.6. The van der Waals surface area contributed by atoms with Crippen molar-refractivity contribution in [1.29, 1.82) is 0 Å². The summed E-state index contributed by atoms with van der Waals surface area (Å²) < 4.78 is 2.02. The first-order chi connectivity index (χ1) is 12.4. The summed E-state index contributed by atoms with van der Waals surface area (Å²) in [5, 5.41) is 21.4. The first-order valence-electron chi connectivity index (χ1n) is 8.33. The molecule has 1 aliphatic rings. The summed E-state index contributed by atoms with van der Waals surface area (Å²) in [7, 11) is 0. The van der Waals surface area contributed by atoms with Crippen LogP contribution in [0.4, 0.5) is 5.82 Å². The minimum Gasteiger partial charge on any atom is -0.358 e. The minimum atomic E-state index is -0.607. The maximum absolute atomic E-state index is 12.6. The molecule has 1 N–H and O–H groups in total. The molecule has 3 rings (SSSR count). The lowest BCUT2D eigenvalue weighted by atomic mass is 10.2. The second-order valence-electron chi connectivity index (χ2n) is 6.16. The summed E-state index contributed by atoms with van der Waals surface area (Å²) in [5.41, 5.74) is 2.26. The van der Waals surface area contributed by atoms with Gasteiger partial charge in [0, 0.05) is 51.0 Å². The molecule has 1 aliphatic heterocycles. The van der Waals surface area contributed by atoms with E-state index in [9.17, 15) is 14.9 Å². The van der Waals surface area contributed by atoms with Gasteiger partial charge in [0.25, 0.3) is 5.91 Å². The number of rotatable bonds is 5. The Bertz CT molecular complexity index is 823. The maximum atomic E-state index is 12.6. The number of carbonyl (C=O) groups is 1. The van der Waals surface area contributed by atoms with Crippen LogP contribution in [0.5, 0.6) is 0 Å². The monoisotopic (exact) mass is 425 g/mol. The van der Waals surface area contributed by atoms with Crippen molar-refractivity contribution in [3.63, 3.8) is 0 Å². The van der Waals surface area contributed by atoms with Crippen molar-refractivity contribution in [1.82, 2.24) is 29.8 Å². The third-order valence-corrected chi connectivity index (χ3v) is 5.25. The molecule has 1 fully saturated rings. The molecule has 2 aromatic rings. The average molecular weight is 426 g/mol. The number of carbonyl (C=O) groups excluding carboxylic acids is 1. The molecule has 2 aromatic heterocycles. The summed E-state index contributed by atoms with van der Waals surface area (Å²) >= 11 is 3.09. The fourth-order valence-electron chi connectivity index (χ4n) is 2.96. The van der Waals surface area contributed by atoms with Gasteiger partial charge in [-0.3, -0.25) is 14.4 Å². The Morgan fingerprint density at radius 1 is 1.38 bits per heavy atom. The molecule has 1 amide bonds. The van der Waals surface area contributed by atoms with Crippen molar-refractivity contribution < 1.29 is 9.72 Å². The van der Waals surface area contributed by atoms with E-state index in [0.29, 0.717) is 13.1 Å². The Balaban J connectivity index is 1.60. The molecule has 0 aromatic carbocycles. The van der Waals surface area contributed by atoms with E-state index in [1.54, 1.807) is 4.90 Å². The Hall–Kier alpha value is -2.27. The van der Waals surface area contributed by atoms with Crippen LogP contribution in [0.3, 0.4) is 0 Å². The number of nitro groups is 1. The molecule has 3 heterocycles. The molecular weight excluding hydrogens is 406 g/mol. The van der Waals surface area contributed by atoms with Crippen molar-refractivity contribution in [3.05, 3.63) is 37.7 Å². The van der Waals surface area contributed by atoms with E-state index in [0.717, 1.165) is 31.9 Å². The lowest BCUT2D eigenvalue weighted by Crippen LogP contribution is -2.48. The second-order valence-corrected chi connectivity index (χ2v) is 6.95. The van der Waals surface area contributed by atoms with E-state index in [2.05, 4.69) is 49.2 Å². The molecular formula is C15H20BrN7O3. The Kier molecular flexibility index (Phi) is 5.37. The van der Waals surface area contributed by atoms with Crippen LogP contribution in [0, 0.1) is 17.0 Å². The van der Waals surface area contributed by atoms with Gasteiger partial charge in [0.1, 0.15) is 4.47 Å². The van der Waals surface area contributed by atoms with Gasteiger partial charge in [-0.05, 0) is 34.7 Å². The van der Waals surface area contributed by atoms with Crippen molar-refractivity contribution >= 4 is 27.7 Å². The van der Waals surface area contributed by atoms with Crippen molar-refractivity contribution in [2.24, 2.45) is 0 Å². The van der Waals surface area contributed by atoms with Gasteiger partial charge in [-0.2, -0.15) is 5.10 Å². The second kappa shape index (κ2) is 7.54. The topological polar surface area (TPSA) is 113 Å². The summed E-state index contributed by atoms with van der Waals surface area (Å²) in [6.07, 6.45) is 2.06. The molecule has 0 bridgehead atoms. The van der Waals surface area contributed by atoms with E-state index < -0.39 is 4.92 Å². The molecule has 140 valence electrons. The zero-order valence-corrected chi connectivity index (χ0v) is 16.2. The van der Waals surface area contributed by atoms with E-state index in [4.69, 9.17) is 0 Å². The summed E-state index contributed by atoms with van der Waals surface area (Å²) in [4.78, 5) is 26.8. The lowest BCUT2D eigenvalue weighted by Gasteiger charge is -2.34. The van der Waals surface area contributed by atoms with Gasteiger partial charge in [0.05, 0.1) is 5.69 Å². The Morgan fingerprint density at radius 3 is 2.62 bits per heavy atom. The fraction of sp³-hybridized carbons (Fsp3) is 0.533. The number of hydrogen-bond acceptors (Lipinski definition) is 6. The van der Waals surface area contributed by atoms with Gasteiger partial charge in [-0.25, -0.2) is 0 Å². The first-order valence-corrected chi connectivity index (χ1v) is 9.12. The molecule has 1 saturated heterocycles. The number of piperazine rings is 1. The van der Waals surface area contributed by atoms with Crippen LogP contribution in [0.25, 0.3) is 0 Å². The molecule has 0 spiro atoms. The van der Waals surface area contributed by atoms with Gasteiger partial charge >= 0.3 is 5.82 Å². The minimum absolute atomic E-state index is 0.0465. The Labute approximate surface area is 158 Å². The van der Waals surface area contributed by atoms with Crippen LogP contribution in [-0.2, 0) is 13.1 Å². The van der Waals surface area contributed by atoms with Crippen LogP contribution >= 0.6 is 15.9 Å². The van der Waals surface area contributed by atoms with E-state index >= 15 is 0 Å². The predicted molar refractivity (Wildman–Crippen MR) is 96.8 cm³/mol. The first kappa shape index (κ1) is 18.5. The maximum Gasteiger partial charge on any atom is 0.357 e. The number of aromatic amines is 1. The predicted octanol–water partition coefficient (Wildman–Crippen LogP) is 1.56. The van der Waals surface area contributed by atoms with Crippen molar-refractivity contribution in [2.45, 2.75) is 26.9 Å². The molecule has 0 aliphatic carbocycles. The number of nitrogens with zero attached hydrogens (tertiary/aromatic N) is 6. The van der Waals surface area contributed by atoms with Gasteiger partial charge in [0.2, 0.25) is 0 Å². The number of H-pyrrole nitrogens is 1. The fourth-order valence-corrected chi connectivity index (χ4v) is 3.45. The SMILES string of the molecule is CCn1cc(CN2CCN(C(=O)c3n[nH]c([N+](=O)[O-])c3Br)CC2)c(C)n1. The summed E-state index contributed by atoms with van der Waals surface area (Å²) in [6, 6.07) is 0. The Morgan fingerprint density at radius 2 is 2.08 bits per heavy atom. The van der Waals surface area contributed by atoms with Crippen LogP contribution in [0.2, 0.25) is 0 Å². The average Bonchev–Trinajstić information content (AvgIpc) is 3.18. The third-order valence-electron chi connectivity index (χ3n) is 4.50.